The minimum absolute atomic E-state index is 0.0759. The largest absolute Gasteiger partial charge is 0.480 e. The summed E-state index contributed by atoms with van der Waals surface area (Å²) in [6.45, 7) is -0.511. The summed E-state index contributed by atoms with van der Waals surface area (Å²) in [6.07, 6.45) is 3.19. The number of nitrogens with zero attached hydrogens (tertiary/aromatic N) is 3. The van der Waals surface area contributed by atoms with Crippen molar-refractivity contribution in [2.24, 2.45) is 0 Å². The van der Waals surface area contributed by atoms with E-state index < -0.39 is 24.0 Å². The zero-order chi connectivity index (χ0) is 23.5. The Balaban J connectivity index is 1.79. The maximum Gasteiger partial charge on any atom is 0.323 e. The van der Waals surface area contributed by atoms with Crippen LogP contribution in [-0.2, 0) is 17.9 Å². The molecule has 4 rings (SSSR count). The maximum absolute atomic E-state index is 13.0. The Morgan fingerprint density at radius 1 is 1.09 bits per heavy atom. The number of aromatic nitrogens is 3. The molecule has 0 saturated carbocycles. The molecule has 0 aliphatic carbocycles. The fourth-order valence-electron chi connectivity index (χ4n) is 3.40. The predicted octanol–water partition coefficient (Wildman–Crippen LogP) is 2.71. The number of carbonyl (C=O) groups excluding carboxylic acids is 1. The number of hydrogen-bond acceptors (Lipinski definition) is 6. The minimum Gasteiger partial charge on any atom is -0.480 e. The minimum atomic E-state index is -1.25. The van der Waals surface area contributed by atoms with Gasteiger partial charge >= 0.3 is 5.97 Å². The van der Waals surface area contributed by atoms with Crippen molar-refractivity contribution in [3.05, 3.63) is 87.4 Å². The van der Waals surface area contributed by atoms with E-state index >= 15 is 0 Å². The Kier molecular flexibility index (Phi) is 6.05. The van der Waals surface area contributed by atoms with E-state index in [0.717, 1.165) is 15.7 Å². The molecule has 1 aromatic carbocycles. The molecule has 10 heteroatoms. The summed E-state index contributed by atoms with van der Waals surface area (Å²) >= 11 is 5.88. The number of carbonyl (C=O) groups is 2. The highest BCUT2D eigenvalue weighted by molar-refractivity contribution is 6.30. The average molecular weight is 464 g/mol. The van der Waals surface area contributed by atoms with Gasteiger partial charge in [-0.3, -0.25) is 23.9 Å². The zero-order valence-electron chi connectivity index (χ0n) is 17.2. The van der Waals surface area contributed by atoms with Crippen LogP contribution in [0.25, 0.3) is 22.2 Å². The van der Waals surface area contributed by atoms with Crippen LogP contribution in [0.15, 0.2) is 65.7 Å². The van der Waals surface area contributed by atoms with Crippen molar-refractivity contribution in [1.82, 2.24) is 19.9 Å². The van der Waals surface area contributed by atoms with Gasteiger partial charge in [0.2, 0.25) is 0 Å². The lowest BCUT2D eigenvalue weighted by molar-refractivity contribution is -0.137. The van der Waals surface area contributed by atoms with Crippen molar-refractivity contribution in [3.63, 3.8) is 0 Å². The molecular weight excluding hydrogens is 446 g/mol. The molecule has 0 aliphatic rings. The van der Waals surface area contributed by atoms with Crippen LogP contribution in [0, 0.1) is 0 Å². The number of fused-ring (bicyclic) bond motifs is 1. The number of hydrogen-bond donors (Lipinski definition) is 3. The Bertz CT molecular complexity index is 1420. The third kappa shape index (κ3) is 4.68. The van der Waals surface area contributed by atoms with Crippen LogP contribution >= 0.6 is 11.6 Å². The number of aliphatic carboxylic acids is 1. The van der Waals surface area contributed by atoms with Crippen molar-refractivity contribution < 1.29 is 14.7 Å². The third-order valence-corrected chi connectivity index (χ3v) is 5.24. The SMILES string of the molecule is Nc1nc2c(cc1-c1ccncc1)cc(C(=O)NCc1ccc(Cl)cc1)c(=O)n2CC(=O)O. The highest BCUT2D eigenvalue weighted by Crippen LogP contribution is 2.27. The van der Waals surface area contributed by atoms with Crippen molar-refractivity contribution in [3.8, 4) is 11.1 Å². The standard InChI is InChI=1S/C23H18ClN5O4/c24-16-3-1-13(2-4-16)11-27-22(32)18-10-15-9-17(14-5-7-26-8-6-14)20(25)28-21(15)29(23(18)33)12-19(30)31/h1-10H,11-12H2,(H2,25,28)(H,27,32)(H,30,31). The first-order valence-electron chi connectivity index (χ1n) is 9.82. The van der Waals surface area contributed by atoms with E-state index in [-0.39, 0.29) is 23.6 Å². The first-order valence-corrected chi connectivity index (χ1v) is 10.2. The summed E-state index contributed by atoms with van der Waals surface area (Å²) in [4.78, 5) is 45.6. The Labute approximate surface area is 192 Å². The van der Waals surface area contributed by atoms with Crippen LogP contribution in [0.3, 0.4) is 0 Å². The summed E-state index contributed by atoms with van der Waals surface area (Å²) in [5.41, 5.74) is 7.29. The van der Waals surface area contributed by atoms with Crippen LogP contribution in [0.2, 0.25) is 5.02 Å². The molecule has 3 heterocycles. The Morgan fingerprint density at radius 3 is 2.45 bits per heavy atom. The molecule has 0 unspecified atom stereocenters. The van der Waals surface area contributed by atoms with Gasteiger partial charge in [0.25, 0.3) is 11.5 Å². The first kappa shape index (κ1) is 22.0. The average Bonchev–Trinajstić information content (AvgIpc) is 2.80. The van der Waals surface area contributed by atoms with Gasteiger partial charge in [0, 0.05) is 34.9 Å². The van der Waals surface area contributed by atoms with E-state index in [0.29, 0.717) is 16.0 Å². The van der Waals surface area contributed by atoms with Gasteiger partial charge < -0.3 is 16.2 Å². The number of halogens is 1. The van der Waals surface area contributed by atoms with E-state index in [9.17, 15) is 19.5 Å². The number of nitrogen functional groups attached to an aromatic ring is 1. The lowest BCUT2D eigenvalue weighted by atomic mass is 10.1. The van der Waals surface area contributed by atoms with E-state index in [1.54, 1.807) is 54.9 Å². The van der Waals surface area contributed by atoms with Crippen molar-refractivity contribution in [2.45, 2.75) is 13.1 Å². The molecule has 9 nitrogen and oxygen atoms in total. The second-order valence-corrected chi connectivity index (χ2v) is 7.66. The first-order chi connectivity index (χ1) is 15.8. The molecular formula is C23H18ClN5O4. The van der Waals surface area contributed by atoms with Crippen molar-refractivity contribution in [2.75, 3.05) is 5.73 Å². The summed E-state index contributed by atoms with van der Waals surface area (Å²) < 4.78 is 0.932. The molecule has 0 bridgehead atoms. The molecule has 0 spiro atoms. The molecule has 166 valence electrons. The smallest absolute Gasteiger partial charge is 0.323 e. The van der Waals surface area contributed by atoms with Crippen LogP contribution in [-0.4, -0.2) is 31.5 Å². The number of benzene rings is 1. The van der Waals surface area contributed by atoms with Gasteiger partial charge in [0.05, 0.1) is 0 Å². The number of anilines is 1. The molecule has 4 aromatic rings. The number of nitrogens with two attached hydrogens (primary N) is 1. The Hall–Kier alpha value is -4.24. The number of carboxylic acid groups (broad SMARTS) is 1. The van der Waals surface area contributed by atoms with Gasteiger partial charge in [-0.05, 0) is 47.5 Å². The molecule has 1 amide bonds. The van der Waals surface area contributed by atoms with Crippen LogP contribution in [0.5, 0.6) is 0 Å². The van der Waals surface area contributed by atoms with Gasteiger partial charge in [-0.25, -0.2) is 4.98 Å². The maximum atomic E-state index is 13.0. The van der Waals surface area contributed by atoms with Crippen LogP contribution in [0.1, 0.15) is 15.9 Å². The zero-order valence-corrected chi connectivity index (χ0v) is 17.9. The summed E-state index contributed by atoms with van der Waals surface area (Å²) in [5.74, 6) is -1.78. The fraction of sp³-hybridized carbons (Fsp3) is 0.0870. The highest BCUT2D eigenvalue weighted by atomic mass is 35.5. The summed E-state index contributed by atoms with van der Waals surface area (Å²) in [5, 5.41) is 13.0. The molecule has 33 heavy (non-hydrogen) atoms. The molecule has 0 fully saturated rings. The van der Waals surface area contributed by atoms with E-state index in [1.807, 2.05) is 0 Å². The van der Waals surface area contributed by atoms with Crippen LogP contribution < -0.4 is 16.6 Å². The normalized spacial score (nSPS) is 10.8. The van der Waals surface area contributed by atoms with E-state index in [4.69, 9.17) is 17.3 Å². The predicted molar refractivity (Wildman–Crippen MR) is 124 cm³/mol. The highest BCUT2D eigenvalue weighted by Gasteiger charge is 2.19. The Morgan fingerprint density at radius 2 is 1.79 bits per heavy atom. The molecule has 0 radical (unpaired) electrons. The van der Waals surface area contributed by atoms with Gasteiger partial charge in [-0.1, -0.05) is 23.7 Å². The van der Waals surface area contributed by atoms with Crippen molar-refractivity contribution in [1.29, 1.82) is 0 Å². The van der Waals surface area contributed by atoms with Gasteiger partial charge in [0.15, 0.2) is 0 Å². The number of pyridine rings is 3. The molecule has 0 aliphatic heterocycles. The third-order valence-electron chi connectivity index (χ3n) is 4.99. The van der Waals surface area contributed by atoms with Gasteiger partial charge in [0.1, 0.15) is 23.6 Å². The number of amides is 1. The second-order valence-electron chi connectivity index (χ2n) is 7.22. The van der Waals surface area contributed by atoms with Gasteiger partial charge in [-0.15, -0.1) is 0 Å². The molecule has 3 aromatic heterocycles. The van der Waals surface area contributed by atoms with Crippen LogP contribution in [0.4, 0.5) is 5.82 Å². The molecule has 0 saturated heterocycles. The topological polar surface area (TPSA) is 140 Å². The molecule has 0 atom stereocenters. The lowest BCUT2D eigenvalue weighted by Crippen LogP contribution is -2.34. The van der Waals surface area contributed by atoms with E-state index in [1.165, 1.54) is 6.07 Å². The number of rotatable bonds is 6. The van der Waals surface area contributed by atoms with Gasteiger partial charge in [-0.2, -0.15) is 0 Å². The second kappa shape index (κ2) is 9.09. The van der Waals surface area contributed by atoms with E-state index in [2.05, 4.69) is 15.3 Å². The summed E-state index contributed by atoms with van der Waals surface area (Å²) in [6, 6.07) is 13.4. The summed E-state index contributed by atoms with van der Waals surface area (Å²) in [7, 11) is 0. The monoisotopic (exact) mass is 463 g/mol. The lowest BCUT2D eigenvalue weighted by Gasteiger charge is -2.13. The fourth-order valence-corrected chi connectivity index (χ4v) is 3.53. The molecule has 4 N–H and O–H groups in total. The quantitative estimate of drug-likeness (QED) is 0.399. The number of nitrogens with one attached hydrogen (secondary N) is 1. The number of carboxylic acids is 1. The van der Waals surface area contributed by atoms with Crippen molar-refractivity contribution >= 4 is 40.3 Å².